The van der Waals surface area contributed by atoms with E-state index >= 15 is 0 Å². The minimum Gasteiger partial charge on any atom is -0.481 e. The molecule has 0 fully saturated rings. The van der Waals surface area contributed by atoms with Crippen molar-refractivity contribution in [3.8, 4) is 0 Å². The van der Waals surface area contributed by atoms with Gasteiger partial charge in [-0.2, -0.15) is 13.2 Å². The Hall–Kier alpha value is -1.25. The molecule has 1 aromatic heterocycles. The Morgan fingerprint density at radius 1 is 1.47 bits per heavy atom. The van der Waals surface area contributed by atoms with Crippen molar-refractivity contribution in [3.63, 3.8) is 0 Å². The molecule has 17 heavy (non-hydrogen) atoms. The lowest BCUT2D eigenvalue weighted by Crippen LogP contribution is -2.14. The van der Waals surface area contributed by atoms with Gasteiger partial charge >= 0.3 is 12.1 Å². The van der Waals surface area contributed by atoms with E-state index in [2.05, 4.69) is 10.2 Å². The van der Waals surface area contributed by atoms with Gasteiger partial charge in [0.05, 0.1) is 12.2 Å². The Bertz CT molecular complexity index is 405. The summed E-state index contributed by atoms with van der Waals surface area (Å²) in [6.45, 7) is 1.22. The van der Waals surface area contributed by atoms with Crippen LogP contribution in [0.2, 0.25) is 0 Å². The molecule has 0 radical (unpaired) electrons. The lowest BCUT2D eigenvalue weighted by Gasteiger charge is -2.09. The van der Waals surface area contributed by atoms with Crippen LogP contribution in [0.15, 0.2) is 5.16 Å². The largest absolute Gasteiger partial charge is 0.481 e. The number of carbonyl (C=O) groups is 1. The number of hydrogen-bond donors (Lipinski definition) is 1. The Kier molecular flexibility index (Phi) is 4.38. The van der Waals surface area contributed by atoms with Crippen molar-refractivity contribution >= 4 is 17.7 Å². The number of carboxylic acid groups (broad SMARTS) is 1. The molecule has 96 valence electrons. The molecule has 0 aliphatic heterocycles. The molecule has 1 N–H and O–H groups in total. The van der Waals surface area contributed by atoms with E-state index in [1.807, 2.05) is 0 Å². The molecule has 0 aliphatic rings. The highest BCUT2D eigenvalue weighted by Gasteiger charge is 2.27. The van der Waals surface area contributed by atoms with E-state index in [0.717, 1.165) is 11.8 Å². The van der Waals surface area contributed by atoms with Crippen LogP contribution in [0.3, 0.4) is 0 Å². The molecule has 1 heterocycles. The minimum absolute atomic E-state index is 0.189. The maximum absolute atomic E-state index is 12.1. The summed E-state index contributed by atoms with van der Waals surface area (Å²) in [5.74, 6) is -0.982. The molecular weight excluding hydrogens is 259 g/mol. The van der Waals surface area contributed by atoms with Crippen molar-refractivity contribution < 1.29 is 23.1 Å². The van der Waals surface area contributed by atoms with Crippen LogP contribution in [0.4, 0.5) is 13.2 Å². The Labute approximate surface area is 99.0 Å². The molecule has 1 rings (SSSR count). The van der Waals surface area contributed by atoms with Gasteiger partial charge in [0, 0.05) is 6.54 Å². The maximum atomic E-state index is 12.1. The minimum atomic E-state index is -4.26. The molecule has 0 unspecified atom stereocenters. The zero-order valence-corrected chi connectivity index (χ0v) is 9.68. The Morgan fingerprint density at radius 2 is 2.12 bits per heavy atom. The number of halogens is 3. The highest BCUT2D eigenvalue weighted by molar-refractivity contribution is 7.99. The number of rotatable bonds is 5. The zero-order chi connectivity index (χ0) is 13.1. The monoisotopic (exact) mass is 269 g/mol. The van der Waals surface area contributed by atoms with Crippen LogP contribution in [0.25, 0.3) is 0 Å². The van der Waals surface area contributed by atoms with Crippen LogP contribution in [-0.4, -0.2) is 37.8 Å². The first-order chi connectivity index (χ1) is 7.79. The zero-order valence-electron chi connectivity index (χ0n) is 8.86. The van der Waals surface area contributed by atoms with Crippen LogP contribution in [0.1, 0.15) is 12.2 Å². The van der Waals surface area contributed by atoms with E-state index in [0.29, 0.717) is 5.82 Å². The van der Waals surface area contributed by atoms with Crippen molar-refractivity contribution in [2.24, 2.45) is 0 Å². The number of carboxylic acids is 1. The topological polar surface area (TPSA) is 68.0 Å². The SMILES string of the molecule is Cc1nnc(SCC(=O)O)n1CCC(F)(F)F. The molecule has 0 spiro atoms. The summed E-state index contributed by atoms with van der Waals surface area (Å²) in [5, 5.41) is 15.9. The quantitative estimate of drug-likeness (QED) is 0.824. The van der Waals surface area contributed by atoms with Crippen LogP contribution in [0, 0.1) is 6.92 Å². The third kappa shape index (κ3) is 4.63. The van der Waals surface area contributed by atoms with Crippen molar-refractivity contribution in [1.82, 2.24) is 14.8 Å². The first kappa shape index (κ1) is 13.8. The van der Waals surface area contributed by atoms with E-state index in [1.54, 1.807) is 0 Å². The van der Waals surface area contributed by atoms with Gasteiger partial charge in [0.25, 0.3) is 0 Å². The Morgan fingerprint density at radius 3 is 2.65 bits per heavy atom. The molecular formula is C8H10F3N3O2S. The van der Waals surface area contributed by atoms with E-state index in [4.69, 9.17) is 5.11 Å². The lowest BCUT2D eigenvalue weighted by atomic mass is 10.4. The van der Waals surface area contributed by atoms with Gasteiger partial charge in [-0.05, 0) is 6.92 Å². The van der Waals surface area contributed by atoms with Crippen molar-refractivity contribution in [1.29, 1.82) is 0 Å². The van der Waals surface area contributed by atoms with E-state index in [-0.39, 0.29) is 17.5 Å². The second-order valence-electron chi connectivity index (χ2n) is 3.23. The summed E-state index contributed by atoms with van der Waals surface area (Å²) in [7, 11) is 0. The van der Waals surface area contributed by atoms with Gasteiger partial charge in [-0.25, -0.2) is 0 Å². The highest BCUT2D eigenvalue weighted by atomic mass is 32.2. The summed E-state index contributed by atoms with van der Waals surface area (Å²) in [6.07, 6.45) is -5.25. The summed E-state index contributed by atoms with van der Waals surface area (Å²) < 4.78 is 37.5. The molecule has 0 amide bonds. The lowest BCUT2D eigenvalue weighted by molar-refractivity contribution is -0.137. The first-order valence-electron chi connectivity index (χ1n) is 4.61. The average Bonchev–Trinajstić information content (AvgIpc) is 2.52. The first-order valence-corrected chi connectivity index (χ1v) is 5.59. The van der Waals surface area contributed by atoms with Crippen molar-refractivity contribution in [3.05, 3.63) is 5.82 Å². The number of aromatic nitrogens is 3. The van der Waals surface area contributed by atoms with E-state index in [9.17, 15) is 18.0 Å². The summed E-state index contributed by atoms with van der Waals surface area (Å²) >= 11 is 0.849. The normalized spacial score (nSPS) is 11.8. The molecule has 5 nitrogen and oxygen atoms in total. The second-order valence-corrected chi connectivity index (χ2v) is 4.17. The smallest absolute Gasteiger partial charge is 0.390 e. The number of hydrogen-bond acceptors (Lipinski definition) is 4. The third-order valence-corrected chi connectivity index (χ3v) is 2.80. The highest BCUT2D eigenvalue weighted by Crippen LogP contribution is 2.23. The van der Waals surface area contributed by atoms with Gasteiger partial charge in [0.2, 0.25) is 0 Å². The van der Waals surface area contributed by atoms with Gasteiger partial charge in [0.15, 0.2) is 5.16 Å². The maximum Gasteiger partial charge on any atom is 0.390 e. The van der Waals surface area contributed by atoms with Gasteiger partial charge < -0.3 is 9.67 Å². The molecule has 0 saturated heterocycles. The number of aliphatic carboxylic acids is 1. The average molecular weight is 269 g/mol. The van der Waals surface area contributed by atoms with Gasteiger partial charge in [-0.1, -0.05) is 11.8 Å². The molecule has 1 aromatic rings. The van der Waals surface area contributed by atoms with Gasteiger partial charge in [0.1, 0.15) is 5.82 Å². The van der Waals surface area contributed by atoms with Crippen LogP contribution in [0.5, 0.6) is 0 Å². The summed E-state index contributed by atoms with van der Waals surface area (Å²) in [4.78, 5) is 10.3. The predicted molar refractivity (Wildman–Crippen MR) is 53.8 cm³/mol. The predicted octanol–water partition coefficient (Wildman–Crippen LogP) is 1.72. The standard InChI is InChI=1S/C8H10F3N3O2S/c1-5-12-13-7(17-4-6(15)16)14(5)3-2-8(9,10)11/h2-4H2,1H3,(H,15,16). The van der Waals surface area contributed by atoms with E-state index < -0.39 is 18.6 Å². The number of aryl methyl sites for hydroxylation is 1. The molecule has 0 aromatic carbocycles. The summed E-state index contributed by atoms with van der Waals surface area (Å²) in [5.41, 5.74) is 0. The van der Waals surface area contributed by atoms with Crippen LogP contribution >= 0.6 is 11.8 Å². The number of thioether (sulfide) groups is 1. The van der Waals surface area contributed by atoms with Crippen LogP contribution < -0.4 is 0 Å². The molecule has 0 aliphatic carbocycles. The fourth-order valence-corrected chi connectivity index (χ4v) is 1.82. The summed E-state index contributed by atoms with van der Waals surface area (Å²) in [6, 6.07) is 0. The molecule has 0 saturated carbocycles. The van der Waals surface area contributed by atoms with Crippen molar-refractivity contribution in [2.75, 3.05) is 5.75 Å². The van der Waals surface area contributed by atoms with Gasteiger partial charge in [-0.3, -0.25) is 4.79 Å². The van der Waals surface area contributed by atoms with Gasteiger partial charge in [-0.15, -0.1) is 10.2 Å². The second kappa shape index (κ2) is 5.39. The van der Waals surface area contributed by atoms with Crippen molar-refractivity contribution in [2.45, 2.75) is 31.2 Å². The number of nitrogens with zero attached hydrogens (tertiary/aromatic N) is 3. The fraction of sp³-hybridized carbons (Fsp3) is 0.625. The number of alkyl halides is 3. The molecule has 0 bridgehead atoms. The fourth-order valence-electron chi connectivity index (χ4n) is 1.09. The van der Waals surface area contributed by atoms with Crippen LogP contribution in [-0.2, 0) is 11.3 Å². The Balaban J connectivity index is 2.69. The molecule has 0 atom stereocenters. The van der Waals surface area contributed by atoms with E-state index in [1.165, 1.54) is 11.5 Å². The molecule has 9 heteroatoms. The third-order valence-electron chi connectivity index (χ3n) is 1.85.